The molecule has 0 radical (unpaired) electrons. The van der Waals surface area contributed by atoms with Crippen LogP contribution in [0.15, 0.2) is 76.1 Å². The van der Waals surface area contributed by atoms with E-state index in [1.165, 1.54) is 11.0 Å². The predicted molar refractivity (Wildman–Crippen MR) is 99.3 cm³/mol. The molecule has 5 nitrogen and oxygen atoms in total. The van der Waals surface area contributed by atoms with Crippen LogP contribution in [0.5, 0.6) is 0 Å². The van der Waals surface area contributed by atoms with Crippen LogP contribution < -0.4 is 5.32 Å². The normalized spacial score (nSPS) is 10.9. The average molecular weight is 351 g/mol. The molecule has 0 saturated heterocycles. The highest BCUT2D eigenvalue weighted by Gasteiger charge is 2.08. The summed E-state index contributed by atoms with van der Waals surface area (Å²) in [5, 5.41) is 10.4. The van der Waals surface area contributed by atoms with E-state index in [-0.39, 0.29) is 11.9 Å². The van der Waals surface area contributed by atoms with Crippen LogP contribution in [0, 0.1) is 0 Å². The molecule has 0 saturated carbocycles. The molecule has 0 fully saturated rings. The Morgan fingerprint density at radius 3 is 2.52 bits per heavy atom. The van der Waals surface area contributed by atoms with E-state index in [1.54, 1.807) is 17.8 Å². The van der Waals surface area contributed by atoms with E-state index in [9.17, 15) is 4.79 Å². The number of amides is 1. The van der Waals surface area contributed by atoms with E-state index in [2.05, 4.69) is 27.6 Å². The molecule has 1 aromatic heterocycles. The second kappa shape index (κ2) is 8.84. The van der Waals surface area contributed by atoms with Gasteiger partial charge in [-0.3, -0.25) is 10.1 Å². The van der Waals surface area contributed by atoms with Crippen molar-refractivity contribution in [3.63, 3.8) is 0 Å². The average Bonchev–Trinajstić information content (AvgIpc) is 3.09. The Labute approximate surface area is 150 Å². The number of nitrogens with one attached hydrogen (secondary N) is 1. The zero-order valence-corrected chi connectivity index (χ0v) is 14.3. The van der Waals surface area contributed by atoms with Crippen molar-refractivity contribution in [3.05, 3.63) is 78.2 Å². The summed E-state index contributed by atoms with van der Waals surface area (Å²) in [5.74, 6) is 1.02. The van der Waals surface area contributed by atoms with Crippen LogP contribution in [-0.2, 0) is 11.2 Å². The van der Waals surface area contributed by atoms with Crippen molar-refractivity contribution in [2.75, 3.05) is 11.1 Å². The Kier molecular flexibility index (Phi) is 6.01. The van der Waals surface area contributed by atoms with E-state index in [4.69, 9.17) is 4.42 Å². The first-order valence-corrected chi connectivity index (χ1v) is 8.82. The number of nitrogens with zero attached hydrogens (tertiary/aromatic N) is 2. The van der Waals surface area contributed by atoms with E-state index >= 15 is 0 Å². The third-order valence-electron chi connectivity index (χ3n) is 3.25. The minimum Gasteiger partial charge on any atom is -0.408 e. The molecule has 0 unspecified atom stereocenters. The number of benzene rings is 2. The smallest absolute Gasteiger partial charge is 0.322 e. The quantitative estimate of drug-likeness (QED) is 0.514. The fraction of sp³-hybridized carbons (Fsp3) is 0.105. The lowest BCUT2D eigenvalue weighted by atomic mass is 10.2. The highest BCUT2D eigenvalue weighted by atomic mass is 32.2. The largest absolute Gasteiger partial charge is 0.408 e. The second-order valence-corrected chi connectivity index (χ2v) is 6.31. The molecule has 0 spiro atoms. The van der Waals surface area contributed by atoms with Crippen LogP contribution in [0.2, 0.25) is 0 Å². The van der Waals surface area contributed by atoms with Crippen molar-refractivity contribution < 1.29 is 9.21 Å². The Hall–Kier alpha value is -2.86. The number of thioether (sulfide) groups is 1. The molecular weight excluding hydrogens is 334 g/mol. The van der Waals surface area contributed by atoms with Crippen molar-refractivity contribution in [3.8, 4) is 0 Å². The molecule has 126 valence electrons. The van der Waals surface area contributed by atoms with Crippen molar-refractivity contribution in [2.45, 2.75) is 11.3 Å². The number of aromatic nitrogens is 2. The van der Waals surface area contributed by atoms with E-state index < -0.39 is 0 Å². The van der Waals surface area contributed by atoms with Gasteiger partial charge in [-0.1, -0.05) is 53.6 Å². The van der Waals surface area contributed by atoms with Gasteiger partial charge in [0.1, 0.15) is 0 Å². The number of hydrogen-bond acceptors (Lipinski definition) is 5. The van der Waals surface area contributed by atoms with Gasteiger partial charge in [0.05, 0.1) is 0 Å². The zero-order valence-electron chi connectivity index (χ0n) is 13.5. The third-order valence-corrected chi connectivity index (χ3v) is 4.27. The van der Waals surface area contributed by atoms with Gasteiger partial charge in [0, 0.05) is 23.1 Å². The summed E-state index contributed by atoms with van der Waals surface area (Å²) in [6.07, 6.45) is 3.80. The monoisotopic (exact) mass is 351 g/mol. The summed E-state index contributed by atoms with van der Waals surface area (Å²) >= 11 is 1.72. The van der Waals surface area contributed by atoms with Crippen molar-refractivity contribution in [1.82, 2.24) is 10.2 Å². The molecular formula is C19H17N3O2S. The summed E-state index contributed by atoms with van der Waals surface area (Å²) < 4.78 is 5.44. The Balaban J connectivity index is 1.46. The second-order valence-electron chi connectivity index (χ2n) is 5.15. The molecule has 1 amide bonds. The lowest BCUT2D eigenvalue weighted by molar-refractivity contribution is -0.112. The topological polar surface area (TPSA) is 68.0 Å². The van der Waals surface area contributed by atoms with Crippen LogP contribution in [-0.4, -0.2) is 21.9 Å². The summed E-state index contributed by atoms with van der Waals surface area (Å²) in [5.41, 5.74) is 0.946. The Bertz CT molecular complexity index is 832. The Morgan fingerprint density at radius 2 is 1.76 bits per heavy atom. The maximum absolute atomic E-state index is 11.9. The van der Waals surface area contributed by atoms with Crippen molar-refractivity contribution >= 4 is 29.8 Å². The highest BCUT2D eigenvalue weighted by molar-refractivity contribution is 7.99. The molecule has 6 heteroatoms. The van der Waals surface area contributed by atoms with Gasteiger partial charge >= 0.3 is 6.01 Å². The molecule has 3 aromatic rings. The number of hydrogen-bond donors (Lipinski definition) is 1. The van der Waals surface area contributed by atoms with E-state index in [0.717, 1.165) is 11.3 Å². The van der Waals surface area contributed by atoms with Gasteiger partial charge in [0.15, 0.2) is 0 Å². The molecule has 0 aliphatic carbocycles. The summed E-state index contributed by atoms with van der Waals surface area (Å²) in [6.45, 7) is 0. The molecule has 25 heavy (non-hydrogen) atoms. The molecule has 0 atom stereocenters. The highest BCUT2D eigenvalue weighted by Crippen LogP contribution is 2.18. The minimum absolute atomic E-state index is 0.113. The molecule has 0 aliphatic rings. The van der Waals surface area contributed by atoms with Crippen LogP contribution in [0.25, 0.3) is 6.08 Å². The SMILES string of the molecule is O=C(/C=C/c1ccccc1)Nc1nnc(CCSc2ccccc2)o1. The maximum atomic E-state index is 11.9. The molecule has 3 rings (SSSR count). The van der Waals surface area contributed by atoms with Crippen molar-refractivity contribution in [2.24, 2.45) is 0 Å². The predicted octanol–water partition coefficient (Wildman–Crippen LogP) is 4.06. The Morgan fingerprint density at radius 1 is 1.04 bits per heavy atom. The van der Waals surface area contributed by atoms with E-state index in [1.807, 2.05) is 48.5 Å². The molecule has 1 N–H and O–H groups in total. The van der Waals surface area contributed by atoms with Gasteiger partial charge in [-0.2, -0.15) is 0 Å². The number of rotatable bonds is 7. The van der Waals surface area contributed by atoms with Gasteiger partial charge in [-0.25, -0.2) is 0 Å². The fourth-order valence-corrected chi connectivity index (χ4v) is 2.92. The number of carbonyl (C=O) groups excluding carboxylic acids is 1. The van der Waals surface area contributed by atoms with Crippen molar-refractivity contribution in [1.29, 1.82) is 0 Å². The van der Waals surface area contributed by atoms with Crippen LogP contribution in [0.3, 0.4) is 0 Å². The molecule has 1 heterocycles. The van der Waals surface area contributed by atoms with Crippen LogP contribution in [0.4, 0.5) is 6.01 Å². The van der Waals surface area contributed by atoms with Gasteiger partial charge in [-0.05, 0) is 23.8 Å². The number of carbonyl (C=O) groups is 1. The van der Waals surface area contributed by atoms with Crippen LogP contribution in [0.1, 0.15) is 11.5 Å². The summed E-state index contributed by atoms with van der Waals surface area (Å²) in [7, 11) is 0. The summed E-state index contributed by atoms with van der Waals surface area (Å²) in [4.78, 5) is 13.1. The van der Waals surface area contributed by atoms with Crippen LogP contribution >= 0.6 is 11.8 Å². The zero-order chi connectivity index (χ0) is 17.3. The minimum atomic E-state index is -0.308. The maximum Gasteiger partial charge on any atom is 0.322 e. The lowest BCUT2D eigenvalue weighted by Crippen LogP contribution is -2.07. The summed E-state index contributed by atoms with van der Waals surface area (Å²) in [6, 6.07) is 19.8. The van der Waals surface area contributed by atoms with E-state index in [0.29, 0.717) is 12.3 Å². The first kappa shape index (κ1) is 17.0. The van der Waals surface area contributed by atoms with Gasteiger partial charge in [-0.15, -0.1) is 16.9 Å². The number of anilines is 1. The van der Waals surface area contributed by atoms with Gasteiger partial charge in [0.2, 0.25) is 5.89 Å². The molecule has 0 bridgehead atoms. The fourth-order valence-electron chi connectivity index (χ4n) is 2.06. The first-order chi connectivity index (χ1) is 12.3. The molecule has 2 aromatic carbocycles. The van der Waals surface area contributed by atoms with Gasteiger partial charge in [0.25, 0.3) is 5.91 Å². The standard InChI is InChI=1S/C19H17N3O2S/c23-17(12-11-15-7-3-1-4-8-15)20-19-22-21-18(24-19)13-14-25-16-9-5-2-6-10-16/h1-12H,13-14H2,(H,20,22,23)/b12-11+. The first-order valence-electron chi connectivity index (χ1n) is 7.84. The van der Waals surface area contributed by atoms with Gasteiger partial charge < -0.3 is 4.42 Å². The lowest BCUT2D eigenvalue weighted by Gasteiger charge is -1.98. The number of aryl methyl sites for hydroxylation is 1. The third kappa shape index (κ3) is 5.61. The molecule has 0 aliphatic heterocycles.